The van der Waals surface area contributed by atoms with E-state index in [9.17, 15) is 4.79 Å². The van der Waals surface area contributed by atoms with Crippen molar-refractivity contribution in [1.29, 1.82) is 0 Å². The maximum absolute atomic E-state index is 14.1. The Balaban J connectivity index is 0.942. The number of rotatable bonds is 1. The van der Waals surface area contributed by atoms with Gasteiger partial charge in [-0.05, 0) is 80.8 Å². The van der Waals surface area contributed by atoms with Crippen LogP contribution in [0.3, 0.4) is 0 Å². The van der Waals surface area contributed by atoms with Crippen LogP contribution in [0.2, 0.25) is 0 Å². The summed E-state index contributed by atoms with van der Waals surface area (Å²) in [7, 11) is 0. The summed E-state index contributed by atoms with van der Waals surface area (Å²) in [5.74, 6) is -0.433. The van der Waals surface area contributed by atoms with E-state index in [4.69, 9.17) is 47.4 Å². The molecule has 1 spiro atoms. The molecule has 11 heteroatoms. The molecule has 0 amide bonds. The smallest absolute Gasteiger partial charge is 0.308 e. The molecule has 0 radical (unpaired) electrons. The van der Waals surface area contributed by atoms with Crippen molar-refractivity contribution in [1.82, 2.24) is 0 Å². The molecular formula is C44H64O11. The Morgan fingerprint density at radius 2 is 1.38 bits per heavy atom. The molecule has 21 atom stereocenters. The first kappa shape index (κ1) is 37.8. The van der Waals surface area contributed by atoms with Gasteiger partial charge < -0.3 is 47.4 Å². The van der Waals surface area contributed by atoms with Gasteiger partial charge in [-0.15, -0.1) is 0 Å². The third-order valence-corrected chi connectivity index (χ3v) is 15.4. The third-order valence-electron chi connectivity index (χ3n) is 15.4. The Morgan fingerprint density at radius 3 is 2.24 bits per heavy atom. The maximum atomic E-state index is 14.1. The number of fused-ring (bicyclic) bond motifs is 7. The Labute approximate surface area is 326 Å². The number of carbonyl (C=O) groups excluding carboxylic acids is 1. The first-order valence-corrected chi connectivity index (χ1v) is 22.0. The SMILES string of the molecule is C=C1C[C@@H]2CC[C@]34C[C@@H]5CC(O3)[C@@H]3O[C@H]6CC[C@H](CC(=O)O[C@@H]7[C@@H](C)[C@@H]8O[C@H](CC)[C@H](C)C[C@@H]8O[C@H]7C[C@H]7O[C@@H](CC[C@@H]1O2)C[C@@H](C)C7=C)O[C@@H]6[C@H](O4)C3O5. The van der Waals surface area contributed by atoms with Crippen molar-refractivity contribution in [2.75, 3.05) is 0 Å². The molecule has 0 aromatic heterocycles. The van der Waals surface area contributed by atoms with E-state index in [-0.39, 0.29) is 116 Å². The fourth-order valence-corrected chi connectivity index (χ4v) is 12.4. The highest BCUT2D eigenvalue weighted by Gasteiger charge is 2.64. The van der Waals surface area contributed by atoms with Crippen molar-refractivity contribution < 1.29 is 52.2 Å². The van der Waals surface area contributed by atoms with E-state index < -0.39 is 11.9 Å². The van der Waals surface area contributed by atoms with Crippen LogP contribution < -0.4 is 0 Å². The maximum Gasteiger partial charge on any atom is 0.308 e. The highest BCUT2D eigenvalue weighted by Crippen LogP contribution is 2.52. The van der Waals surface area contributed by atoms with E-state index in [1.807, 2.05) is 0 Å². The minimum absolute atomic E-state index is 0.00139. The zero-order chi connectivity index (χ0) is 37.7. The second kappa shape index (κ2) is 14.7. The van der Waals surface area contributed by atoms with E-state index in [1.165, 1.54) is 0 Å². The highest BCUT2D eigenvalue weighted by molar-refractivity contribution is 5.70. The summed E-state index contributed by atoms with van der Waals surface area (Å²) in [6.45, 7) is 17.9. The average molecular weight is 769 g/mol. The second-order valence-corrected chi connectivity index (χ2v) is 19.2. The monoisotopic (exact) mass is 768 g/mol. The molecule has 11 aliphatic heterocycles. The van der Waals surface area contributed by atoms with Crippen molar-refractivity contribution in [2.24, 2.45) is 17.8 Å². The zero-order valence-corrected chi connectivity index (χ0v) is 33.4. The molecule has 11 heterocycles. The van der Waals surface area contributed by atoms with Crippen molar-refractivity contribution in [3.05, 3.63) is 24.3 Å². The van der Waals surface area contributed by atoms with Crippen LogP contribution in [-0.4, -0.2) is 116 Å². The first-order chi connectivity index (χ1) is 26.5. The molecule has 0 saturated carbocycles. The minimum Gasteiger partial charge on any atom is -0.459 e. The summed E-state index contributed by atoms with van der Waals surface area (Å²) in [5, 5.41) is 0. The fraction of sp³-hybridized carbons (Fsp3) is 0.886. The van der Waals surface area contributed by atoms with Crippen LogP contribution in [0.25, 0.3) is 0 Å². The van der Waals surface area contributed by atoms with E-state index >= 15 is 0 Å². The summed E-state index contributed by atoms with van der Waals surface area (Å²) >= 11 is 0. The lowest BCUT2D eigenvalue weighted by Crippen LogP contribution is -2.66. The van der Waals surface area contributed by atoms with E-state index in [0.29, 0.717) is 37.5 Å². The third kappa shape index (κ3) is 6.91. The molecule has 12 bridgehead atoms. The second-order valence-electron chi connectivity index (χ2n) is 19.2. The number of hydrogen-bond donors (Lipinski definition) is 0. The molecule has 11 rings (SSSR count). The zero-order valence-electron chi connectivity index (χ0n) is 33.4. The summed E-state index contributed by atoms with van der Waals surface area (Å²) in [6.07, 6.45) is 7.94. The van der Waals surface area contributed by atoms with E-state index in [1.54, 1.807) is 0 Å². The Morgan fingerprint density at radius 1 is 0.618 bits per heavy atom. The number of ether oxygens (including phenoxy) is 10. The molecule has 11 fully saturated rings. The van der Waals surface area contributed by atoms with Gasteiger partial charge in [0.25, 0.3) is 0 Å². The van der Waals surface area contributed by atoms with Crippen molar-refractivity contribution in [3.63, 3.8) is 0 Å². The predicted octanol–water partition coefficient (Wildman–Crippen LogP) is 6.28. The van der Waals surface area contributed by atoms with Crippen LogP contribution in [0.15, 0.2) is 24.3 Å². The first-order valence-electron chi connectivity index (χ1n) is 22.0. The molecule has 2 unspecified atom stereocenters. The quantitative estimate of drug-likeness (QED) is 0.222. The van der Waals surface area contributed by atoms with Crippen LogP contribution in [-0.2, 0) is 52.2 Å². The van der Waals surface area contributed by atoms with Crippen LogP contribution in [0, 0.1) is 17.8 Å². The minimum atomic E-state index is -0.793. The molecule has 0 aromatic rings. The largest absolute Gasteiger partial charge is 0.459 e. The van der Waals surface area contributed by atoms with Gasteiger partial charge in [-0.2, -0.15) is 0 Å². The van der Waals surface area contributed by atoms with Gasteiger partial charge in [0, 0.05) is 31.6 Å². The van der Waals surface area contributed by atoms with Gasteiger partial charge in [0.1, 0.15) is 30.5 Å². The highest BCUT2D eigenvalue weighted by atomic mass is 16.8. The number of carbonyl (C=O) groups is 1. The normalized spacial score (nSPS) is 55.2. The lowest BCUT2D eigenvalue weighted by molar-refractivity contribution is -0.305. The molecule has 0 aliphatic carbocycles. The molecule has 0 N–H and O–H groups in total. The summed E-state index contributed by atoms with van der Waals surface area (Å²) in [4.78, 5) is 14.1. The van der Waals surface area contributed by atoms with Gasteiger partial charge in [-0.3, -0.25) is 4.79 Å². The van der Waals surface area contributed by atoms with E-state index in [0.717, 1.165) is 68.9 Å². The topological polar surface area (TPSA) is 109 Å². The van der Waals surface area contributed by atoms with Gasteiger partial charge in [-0.25, -0.2) is 0 Å². The Kier molecular flexibility index (Phi) is 10.1. The molecular weight excluding hydrogens is 704 g/mol. The van der Waals surface area contributed by atoms with Crippen LogP contribution in [0.5, 0.6) is 0 Å². The lowest BCUT2D eigenvalue weighted by Gasteiger charge is -2.52. The molecule has 0 aromatic carbocycles. The Bertz CT molecular complexity index is 1490. The Hall–Kier alpha value is -1.41. The van der Waals surface area contributed by atoms with Crippen LogP contribution >= 0.6 is 0 Å². The van der Waals surface area contributed by atoms with Crippen molar-refractivity contribution in [2.45, 2.75) is 227 Å². The number of hydrogen-bond acceptors (Lipinski definition) is 11. The van der Waals surface area contributed by atoms with Gasteiger partial charge in [0.2, 0.25) is 0 Å². The standard InChI is InChI=1S/C44H64O11/c1-7-30-23(4)16-34-38(51-30)25(6)39-35(50-34)19-33-24(5)21(2)14-26(47-33)8-10-31-22(3)15-28(46-31)12-13-44-20-29-17-36(54-44)41-42(49-29)43(55-44)40-32(52-41)11-9-27(48-40)18-37(45)53-39/h21,23,25-36,38-43H,3,5,7-20H2,1-2,4,6H3/t21-,23-,25+,26+,27-,28+,29+,30-,31+,32+,33-,34+,35+,36?,38+,39-,40+,41+,42?,43+,44+/m1/s1. The molecule has 11 saturated heterocycles. The van der Waals surface area contributed by atoms with E-state index in [2.05, 4.69) is 40.9 Å². The van der Waals surface area contributed by atoms with Crippen molar-refractivity contribution in [3.8, 4) is 0 Å². The summed E-state index contributed by atoms with van der Waals surface area (Å²) < 4.78 is 68.2. The summed E-state index contributed by atoms with van der Waals surface area (Å²) in [6, 6.07) is 0. The van der Waals surface area contributed by atoms with Crippen molar-refractivity contribution >= 4 is 5.97 Å². The van der Waals surface area contributed by atoms with Gasteiger partial charge in [0.05, 0.1) is 79.7 Å². The molecule has 11 nitrogen and oxygen atoms in total. The molecule has 11 aliphatic rings. The average Bonchev–Trinajstić information content (AvgIpc) is 3.44. The predicted molar refractivity (Wildman–Crippen MR) is 199 cm³/mol. The van der Waals surface area contributed by atoms with Gasteiger partial charge >= 0.3 is 5.97 Å². The van der Waals surface area contributed by atoms with Crippen LogP contribution in [0.4, 0.5) is 0 Å². The van der Waals surface area contributed by atoms with Gasteiger partial charge in [-0.1, -0.05) is 40.9 Å². The number of esters is 1. The fourth-order valence-electron chi connectivity index (χ4n) is 12.4. The van der Waals surface area contributed by atoms with Gasteiger partial charge in [0.15, 0.2) is 5.79 Å². The van der Waals surface area contributed by atoms with Crippen LogP contribution in [0.1, 0.15) is 118 Å². The molecule has 306 valence electrons. The lowest BCUT2D eigenvalue weighted by atomic mass is 9.78. The summed E-state index contributed by atoms with van der Waals surface area (Å²) in [5.41, 5.74) is 2.25. The molecule has 55 heavy (non-hydrogen) atoms.